The number of aromatic nitrogens is 2. The average molecular weight is 240 g/mol. The third kappa shape index (κ3) is 3.90. The zero-order chi connectivity index (χ0) is 9.52. The van der Waals surface area contributed by atoms with E-state index in [4.69, 9.17) is 0 Å². The molecule has 0 aromatic carbocycles. The Labute approximate surface area is 86.1 Å². The van der Waals surface area contributed by atoms with E-state index in [1.54, 1.807) is 0 Å². The molecule has 0 saturated heterocycles. The number of rotatable bonds is 3. The van der Waals surface area contributed by atoms with Crippen LogP contribution in [0.1, 0.15) is 13.3 Å². The summed E-state index contributed by atoms with van der Waals surface area (Å²) in [4.78, 5) is 7.96. The van der Waals surface area contributed by atoms with Crippen LogP contribution in [0.2, 0.25) is 0 Å². The van der Waals surface area contributed by atoms with Gasteiger partial charge in [0.15, 0.2) is 0 Å². The zero-order valence-corrected chi connectivity index (χ0v) is 8.93. The Hall–Kier alpha value is -1.08. The molecule has 68 valence electrons. The van der Waals surface area contributed by atoms with Crippen molar-refractivity contribution in [2.24, 2.45) is 0 Å². The minimum absolute atomic E-state index is 0.784. The molecule has 1 N–H and O–H groups in total. The number of anilines is 1. The van der Waals surface area contributed by atoms with Gasteiger partial charge in [-0.2, -0.15) is 0 Å². The van der Waals surface area contributed by atoms with Crippen molar-refractivity contribution in [2.45, 2.75) is 13.3 Å². The molecule has 0 saturated carbocycles. The van der Waals surface area contributed by atoms with E-state index in [0.717, 1.165) is 23.4 Å². The van der Waals surface area contributed by atoms with Crippen LogP contribution in [-0.2, 0) is 0 Å². The normalized spacial score (nSPS) is 8.77. The third-order valence-electron chi connectivity index (χ3n) is 1.37. The van der Waals surface area contributed by atoms with E-state index >= 15 is 0 Å². The second-order valence-corrected chi connectivity index (χ2v) is 3.14. The summed E-state index contributed by atoms with van der Waals surface area (Å²) in [5.74, 6) is 6.62. The predicted octanol–water partition coefficient (Wildman–Crippen LogP) is 2.06. The van der Waals surface area contributed by atoms with Gasteiger partial charge in [-0.3, -0.25) is 0 Å². The lowest BCUT2D eigenvalue weighted by atomic mass is 10.4. The minimum Gasteiger partial charge on any atom is -0.369 e. The van der Waals surface area contributed by atoms with Gasteiger partial charge in [0.2, 0.25) is 0 Å². The second kappa shape index (κ2) is 5.55. The molecule has 0 aliphatic heterocycles. The molecule has 3 nitrogen and oxygen atoms in total. The van der Waals surface area contributed by atoms with Crippen LogP contribution < -0.4 is 5.32 Å². The lowest BCUT2D eigenvalue weighted by Crippen LogP contribution is -2.02. The highest BCUT2D eigenvalue weighted by Gasteiger charge is 1.93. The van der Waals surface area contributed by atoms with E-state index in [0.29, 0.717) is 0 Å². The van der Waals surface area contributed by atoms with Crippen molar-refractivity contribution >= 4 is 21.7 Å². The summed E-state index contributed by atoms with van der Waals surface area (Å²) < 4.78 is 0.784. The molecule has 0 spiro atoms. The van der Waals surface area contributed by atoms with Gasteiger partial charge in [-0.05, 0) is 22.9 Å². The minimum atomic E-state index is 0.784. The van der Waals surface area contributed by atoms with Crippen molar-refractivity contribution in [1.29, 1.82) is 0 Å². The van der Waals surface area contributed by atoms with Crippen LogP contribution >= 0.6 is 15.9 Å². The van der Waals surface area contributed by atoms with Crippen molar-refractivity contribution in [1.82, 2.24) is 9.97 Å². The topological polar surface area (TPSA) is 37.8 Å². The lowest BCUT2D eigenvalue weighted by Gasteiger charge is -2.01. The second-order valence-electron chi connectivity index (χ2n) is 2.33. The maximum Gasteiger partial charge on any atom is 0.130 e. The Morgan fingerprint density at radius 1 is 1.54 bits per heavy atom. The smallest absolute Gasteiger partial charge is 0.130 e. The van der Waals surface area contributed by atoms with Crippen LogP contribution in [-0.4, -0.2) is 16.5 Å². The fraction of sp³-hybridized carbons (Fsp3) is 0.333. The largest absolute Gasteiger partial charge is 0.369 e. The van der Waals surface area contributed by atoms with Gasteiger partial charge < -0.3 is 5.32 Å². The first kappa shape index (κ1) is 10.0. The Kier molecular flexibility index (Phi) is 4.27. The van der Waals surface area contributed by atoms with Gasteiger partial charge in [-0.25, -0.2) is 9.97 Å². The Bertz CT molecular complexity index is 327. The molecule has 1 heterocycles. The summed E-state index contributed by atoms with van der Waals surface area (Å²) in [6.45, 7) is 2.64. The summed E-state index contributed by atoms with van der Waals surface area (Å²) in [6, 6.07) is 1.83. The number of halogens is 1. The summed E-state index contributed by atoms with van der Waals surface area (Å²) >= 11 is 3.27. The first-order valence-electron chi connectivity index (χ1n) is 3.94. The summed E-state index contributed by atoms with van der Waals surface area (Å²) in [5, 5.41) is 3.14. The van der Waals surface area contributed by atoms with Crippen LogP contribution in [0.5, 0.6) is 0 Å². The molecule has 1 rings (SSSR count). The van der Waals surface area contributed by atoms with E-state index in [2.05, 4.69) is 43.1 Å². The van der Waals surface area contributed by atoms with Crippen LogP contribution in [0.25, 0.3) is 0 Å². The maximum absolute atomic E-state index is 4.04. The Balaban J connectivity index is 2.39. The molecule has 0 aliphatic rings. The van der Waals surface area contributed by atoms with Crippen LogP contribution in [0.15, 0.2) is 17.0 Å². The molecule has 4 heteroatoms. The molecule has 0 aliphatic carbocycles. The molecule has 0 unspecified atom stereocenters. The van der Waals surface area contributed by atoms with Crippen molar-refractivity contribution < 1.29 is 0 Å². The summed E-state index contributed by atoms with van der Waals surface area (Å²) in [5.41, 5.74) is 0. The van der Waals surface area contributed by atoms with E-state index in [9.17, 15) is 0 Å². The monoisotopic (exact) mass is 239 g/mol. The number of hydrogen-bond acceptors (Lipinski definition) is 3. The van der Waals surface area contributed by atoms with E-state index in [-0.39, 0.29) is 0 Å². The number of nitrogens with one attached hydrogen (secondary N) is 1. The fourth-order valence-corrected chi connectivity index (χ4v) is 1.12. The van der Waals surface area contributed by atoms with Gasteiger partial charge in [-0.15, -0.1) is 11.8 Å². The summed E-state index contributed by atoms with van der Waals surface area (Å²) in [7, 11) is 0. The molecular formula is C9H10BrN3. The van der Waals surface area contributed by atoms with Gasteiger partial charge in [-0.1, -0.05) is 0 Å². The summed E-state index contributed by atoms with van der Waals surface area (Å²) in [6.07, 6.45) is 2.34. The molecule has 1 aromatic heterocycles. The highest BCUT2D eigenvalue weighted by molar-refractivity contribution is 9.10. The average Bonchev–Trinajstić information content (AvgIpc) is 2.13. The SMILES string of the molecule is CC#CCCNc1cc(Br)ncn1. The molecule has 0 fully saturated rings. The predicted molar refractivity (Wildman–Crippen MR) is 56.3 cm³/mol. The first-order valence-corrected chi connectivity index (χ1v) is 4.73. The van der Waals surface area contributed by atoms with Gasteiger partial charge in [0.05, 0.1) is 0 Å². The van der Waals surface area contributed by atoms with Crippen molar-refractivity contribution in [3.05, 3.63) is 17.0 Å². The van der Waals surface area contributed by atoms with E-state index < -0.39 is 0 Å². The number of nitrogens with zero attached hydrogens (tertiary/aromatic N) is 2. The molecule has 0 atom stereocenters. The van der Waals surface area contributed by atoms with Gasteiger partial charge in [0, 0.05) is 19.0 Å². The van der Waals surface area contributed by atoms with Gasteiger partial charge >= 0.3 is 0 Å². The number of hydrogen-bond donors (Lipinski definition) is 1. The van der Waals surface area contributed by atoms with Crippen LogP contribution in [0, 0.1) is 11.8 Å². The van der Waals surface area contributed by atoms with E-state index in [1.807, 2.05) is 13.0 Å². The van der Waals surface area contributed by atoms with Crippen LogP contribution in [0.3, 0.4) is 0 Å². The quantitative estimate of drug-likeness (QED) is 0.499. The van der Waals surface area contributed by atoms with Crippen molar-refractivity contribution in [3.8, 4) is 11.8 Å². The zero-order valence-electron chi connectivity index (χ0n) is 7.34. The van der Waals surface area contributed by atoms with Crippen molar-refractivity contribution in [2.75, 3.05) is 11.9 Å². The first-order chi connectivity index (χ1) is 6.33. The lowest BCUT2D eigenvalue weighted by molar-refractivity contribution is 1.05. The van der Waals surface area contributed by atoms with Crippen LogP contribution in [0.4, 0.5) is 5.82 Å². The third-order valence-corrected chi connectivity index (χ3v) is 1.80. The molecule has 1 aromatic rings. The van der Waals surface area contributed by atoms with E-state index in [1.165, 1.54) is 6.33 Å². The van der Waals surface area contributed by atoms with Crippen molar-refractivity contribution in [3.63, 3.8) is 0 Å². The van der Waals surface area contributed by atoms with Gasteiger partial charge in [0.1, 0.15) is 16.7 Å². The molecule has 0 bridgehead atoms. The molecule has 13 heavy (non-hydrogen) atoms. The molecule has 0 radical (unpaired) electrons. The molecule has 0 amide bonds. The van der Waals surface area contributed by atoms with Gasteiger partial charge in [0.25, 0.3) is 0 Å². The molecular weight excluding hydrogens is 230 g/mol. The maximum atomic E-state index is 4.04. The highest BCUT2D eigenvalue weighted by Crippen LogP contribution is 2.08. The highest BCUT2D eigenvalue weighted by atomic mass is 79.9. The Morgan fingerprint density at radius 2 is 2.38 bits per heavy atom. The standard InChI is InChI=1S/C9H10BrN3/c1-2-3-4-5-11-9-6-8(10)12-7-13-9/h6-7H,4-5H2,1H3,(H,11,12,13). The Morgan fingerprint density at radius 3 is 3.08 bits per heavy atom. The fourth-order valence-electron chi connectivity index (χ4n) is 0.808.